The van der Waals surface area contributed by atoms with Gasteiger partial charge in [-0.3, -0.25) is 19.2 Å². The highest BCUT2D eigenvalue weighted by molar-refractivity contribution is 8.15. The predicted octanol–water partition coefficient (Wildman–Crippen LogP) is 5.40. The number of rotatable bonds is 9. The van der Waals surface area contributed by atoms with Crippen LogP contribution in [-0.2, 0) is 29.6 Å². The van der Waals surface area contributed by atoms with Crippen molar-refractivity contribution in [3.05, 3.63) is 97.1 Å². The number of anilines is 2. The molecule has 3 heterocycles. The van der Waals surface area contributed by atoms with Crippen LogP contribution in [0.3, 0.4) is 0 Å². The SMILES string of the molecule is O=C(CS(=O)(=O)Nc1nc2ccc(Oc3ccccc3)cc2s1)C1C(=O)N2C(=NS1(=O)=O)Sc1cc(Oc3ccccc3)ccc12. The van der Waals surface area contributed by atoms with Crippen LogP contribution in [0, 0.1) is 0 Å². The molecule has 0 radical (unpaired) electrons. The van der Waals surface area contributed by atoms with Crippen LogP contribution >= 0.6 is 23.1 Å². The van der Waals surface area contributed by atoms with E-state index in [1.807, 2.05) is 24.3 Å². The third kappa shape index (κ3) is 5.94. The standard InChI is InChI=1S/C30H20N4O8S4/c35-24(17-45(37,38)32-29-31-22-13-11-20(15-25(22)43-29)41-18-7-3-1-4-8-18)27-28(36)34-23-14-12-21(42-19-9-5-2-6-10-19)16-26(23)44-30(34)33-46(27,39)40/h1-16,27H,17H2,(H,31,32). The highest BCUT2D eigenvalue weighted by Gasteiger charge is 2.51. The largest absolute Gasteiger partial charge is 0.457 e. The zero-order valence-corrected chi connectivity index (χ0v) is 26.5. The van der Waals surface area contributed by atoms with Gasteiger partial charge in [0.25, 0.3) is 15.9 Å². The number of nitrogens with one attached hydrogen (secondary N) is 1. The minimum Gasteiger partial charge on any atom is -0.457 e. The number of ketones is 1. The molecule has 1 N–H and O–H groups in total. The smallest absolute Gasteiger partial charge is 0.274 e. The van der Waals surface area contributed by atoms with Crippen LogP contribution in [0.2, 0.25) is 0 Å². The molecule has 0 saturated carbocycles. The van der Waals surface area contributed by atoms with E-state index in [0.717, 1.165) is 28.0 Å². The molecule has 0 bridgehead atoms. The molecular weight excluding hydrogens is 673 g/mol. The van der Waals surface area contributed by atoms with E-state index in [1.54, 1.807) is 72.8 Å². The van der Waals surface area contributed by atoms with Gasteiger partial charge in [0.05, 0.1) is 15.9 Å². The lowest BCUT2D eigenvalue weighted by Gasteiger charge is -2.25. The highest BCUT2D eigenvalue weighted by Crippen LogP contribution is 2.45. The first-order valence-corrected chi connectivity index (χ1v) is 18.2. The van der Waals surface area contributed by atoms with E-state index in [9.17, 15) is 26.4 Å². The third-order valence-corrected chi connectivity index (χ3v) is 11.5. The van der Waals surface area contributed by atoms with Gasteiger partial charge < -0.3 is 9.47 Å². The number of amidine groups is 1. The number of hydrogen-bond acceptors (Lipinski definition) is 11. The zero-order valence-electron chi connectivity index (χ0n) is 23.3. The zero-order chi connectivity index (χ0) is 32.1. The van der Waals surface area contributed by atoms with E-state index in [-0.39, 0.29) is 10.3 Å². The van der Waals surface area contributed by atoms with Crippen molar-refractivity contribution >= 4 is 81.0 Å². The Labute approximate surface area is 270 Å². The summed E-state index contributed by atoms with van der Waals surface area (Å²) in [4.78, 5) is 32.4. The molecule has 0 aliphatic carbocycles. The number of carbonyl (C=O) groups is 2. The topological polar surface area (TPSA) is 161 Å². The summed E-state index contributed by atoms with van der Waals surface area (Å²) in [5.74, 6) is -1.60. The van der Waals surface area contributed by atoms with Gasteiger partial charge in [0, 0.05) is 11.0 Å². The summed E-state index contributed by atoms with van der Waals surface area (Å²) in [6.45, 7) is 0. The molecule has 5 aromatic rings. The average Bonchev–Trinajstić information content (AvgIpc) is 3.56. The van der Waals surface area contributed by atoms with Gasteiger partial charge >= 0.3 is 0 Å². The molecule has 1 aromatic heterocycles. The fourth-order valence-electron chi connectivity index (χ4n) is 4.75. The minimum absolute atomic E-state index is 0.0452. The molecule has 0 fully saturated rings. The fraction of sp³-hybridized carbons (Fsp3) is 0.0667. The van der Waals surface area contributed by atoms with Gasteiger partial charge in [-0.15, -0.1) is 4.40 Å². The highest BCUT2D eigenvalue weighted by atomic mass is 32.2. The number of fused-ring (bicyclic) bond motifs is 4. The molecule has 0 saturated heterocycles. The summed E-state index contributed by atoms with van der Waals surface area (Å²) < 4.78 is 70.2. The second kappa shape index (κ2) is 11.5. The molecule has 2 aliphatic rings. The number of sulfonamides is 2. The van der Waals surface area contributed by atoms with Crippen LogP contribution in [0.1, 0.15) is 0 Å². The van der Waals surface area contributed by atoms with Crippen molar-refractivity contribution in [2.24, 2.45) is 4.40 Å². The maximum absolute atomic E-state index is 13.5. The van der Waals surface area contributed by atoms with Crippen LogP contribution < -0.4 is 19.1 Å². The van der Waals surface area contributed by atoms with Crippen LogP contribution in [0.4, 0.5) is 10.8 Å². The predicted molar refractivity (Wildman–Crippen MR) is 175 cm³/mol. The van der Waals surface area contributed by atoms with Crippen molar-refractivity contribution in [1.82, 2.24) is 4.98 Å². The van der Waals surface area contributed by atoms with Gasteiger partial charge in [-0.05, 0) is 66.4 Å². The normalized spacial score (nSPS) is 16.8. The molecule has 1 atom stereocenters. The van der Waals surface area contributed by atoms with Crippen LogP contribution in [0.5, 0.6) is 23.0 Å². The number of amides is 1. The summed E-state index contributed by atoms with van der Waals surface area (Å²) in [7, 11) is -9.19. The third-order valence-electron chi connectivity index (χ3n) is 6.70. The van der Waals surface area contributed by atoms with Crippen molar-refractivity contribution in [3.8, 4) is 23.0 Å². The molecule has 1 amide bonds. The van der Waals surface area contributed by atoms with Crippen LogP contribution in [-0.4, -0.2) is 49.7 Å². The van der Waals surface area contributed by atoms with Crippen molar-refractivity contribution < 1.29 is 35.9 Å². The average molecular weight is 693 g/mol. The first-order valence-electron chi connectivity index (χ1n) is 13.4. The summed E-state index contributed by atoms with van der Waals surface area (Å²) in [5.41, 5.74) is 0.775. The van der Waals surface area contributed by atoms with Crippen LogP contribution in [0.15, 0.2) is 106 Å². The number of aromatic nitrogens is 1. The van der Waals surface area contributed by atoms with Gasteiger partial charge in [0.2, 0.25) is 15.3 Å². The van der Waals surface area contributed by atoms with Crippen molar-refractivity contribution in [3.63, 3.8) is 0 Å². The lowest BCUT2D eigenvalue weighted by atomic mass is 10.2. The lowest BCUT2D eigenvalue weighted by molar-refractivity contribution is -0.124. The van der Waals surface area contributed by atoms with E-state index in [2.05, 4.69) is 14.1 Å². The molecule has 12 nitrogen and oxygen atoms in total. The Kier molecular flexibility index (Phi) is 7.51. The number of carbonyl (C=O) groups excluding carboxylic acids is 2. The molecule has 4 aromatic carbocycles. The molecule has 46 heavy (non-hydrogen) atoms. The molecule has 232 valence electrons. The summed E-state index contributed by atoms with van der Waals surface area (Å²) in [6, 6.07) is 27.8. The van der Waals surface area contributed by atoms with Gasteiger partial charge in [0.15, 0.2) is 16.1 Å². The van der Waals surface area contributed by atoms with E-state index in [4.69, 9.17) is 9.47 Å². The molecule has 1 unspecified atom stereocenters. The maximum atomic E-state index is 13.5. The maximum Gasteiger partial charge on any atom is 0.274 e. The number of hydrogen-bond donors (Lipinski definition) is 1. The Balaban J connectivity index is 1.07. The second-order valence-corrected chi connectivity index (χ2v) is 15.4. The molecule has 2 aliphatic heterocycles. The lowest BCUT2D eigenvalue weighted by Crippen LogP contribution is -2.53. The Morgan fingerprint density at radius 3 is 2.17 bits per heavy atom. The fourth-order valence-corrected chi connectivity index (χ4v) is 9.63. The molecular formula is C30H20N4O8S4. The quantitative estimate of drug-likeness (QED) is 0.198. The van der Waals surface area contributed by atoms with E-state index in [1.165, 1.54) is 0 Å². The Morgan fingerprint density at radius 1 is 0.870 bits per heavy atom. The van der Waals surface area contributed by atoms with Crippen molar-refractivity contribution in [2.75, 3.05) is 15.4 Å². The summed E-state index contributed by atoms with van der Waals surface area (Å²) in [5, 5.41) is -2.55. The Morgan fingerprint density at radius 2 is 1.50 bits per heavy atom. The van der Waals surface area contributed by atoms with Gasteiger partial charge in [0.1, 0.15) is 28.8 Å². The van der Waals surface area contributed by atoms with Gasteiger partial charge in [-0.25, -0.2) is 21.8 Å². The van der Waals surface area contributed by atoms with Crippen molar-refractivity contribution in [2.45, 2.75) is 10.1 Å². The van der Waals surface area contributed by atoms with Gasteiger partial charge in [-0.1, -0.05) is 47.7 Å². The molecule has 7 rings (SSSR count). The number of thioether (sulfide) groups is 1. The van der Waals surface area contributed by atoms with E-state index >= 15 is 0 Å². The molecule has 16 heteroatoms. The summed E-state index contributed by atoms with van der Waals surface area (Å²) in [6.07, 6.45) is 0. The molecule has 0 spiro atoms. The summed E-state index contributed by atoms with van der Waals surface area (Å²) >= 11 is 1.92. The second-order valence-electron chi connectivity index (χ2n) is 9.98. The van der Waals surface area contributed by atoms with E-state index in [0.29, 0.717) is 43.8 Å². The first-order chi connectivity index (χ1) is 22.0. The van der Waals surface area contributed by atoms with E-state index < -0.39 is 42.7 Å². The van der Waals surface area contributed by atoms with Gasteiger partial charge in [-0.2, -0.15) is 0 Å². The number of thiazole rings is 1. The Bertz CT molecular complexity index is 2280. The monoisotopic (exact) mass is 692 g/mol. The van der Waals surface area contributed by atoms with Crippen LogP contribution in [0.25, 0.3) is 10.2 Å². The van der Waals surface area contributed by atoms with Crippen molar-refractivity contribution in [1.29, 1.82) is 0 Å². The minimum atomic E-state index is -4.72. The number of para-hydroxylation sites is 2. The number of benzene rings is 4. The number of nitrogens with zero attached hydrogens (tertiary/aromatic N) is 3. The number of Topliss-reactive ketones (excluding diaryl/α,β-unsaturated/α-hetero) is 1. The first kappa shape index (κ1) is 29.9. The number of ether oxygens (including phenoxy) is 2. The Hall–Kier alpha value is -4.77.